The Morgan fingerprint density at radius 1 is 0.578 bits per heavy atom. The molecule has 0 aromatic heterocycles. The summed E-state index contributed by atoms with van der Waals surface area (Å²) in [5.41, 5.74) is 0. The van der Waals surface area contributed by atoms with Crippen molar-refractivity contribution in [2.24, 2.45) is 0 Å². The minimum absolute atomic E-state index is 0.0141. The number of unbranched alkanes of at least 4 members (excludes halogenated alkanes) is 9. The van der Waals surface area contributed by atoms with Gasteiger partial charge in [-0.1, -0.05) is 113 Å². The molecule has 0 amide bonds. The molecule has 0 aromatic carbocycles. The van der Waals surface area contributed by atoms with Crippen molar-refractivity contribution >= 4 is 27.6 Å². The number of phosphoric acid groups is 2. The van der Waals surface area contributed by atoms with Gasteiger partial charge in [0, 0.05) is 12.8 Å². The van der Waals surface area contributed by atoms with E-state index in [1.54, 1.807) is 0 Å². The van der Waals surface area contributed by atoms with Crippen molar-refractivity contribution in [2.75, 3.05) is 13.2 Å². The normalized spacial score (nSPS) is 25.5. The van der Waals surface area contributed by atoms with E-state index in [-0.39, 0.29) is 25.0 Å². The second kappa shape index (κ2) is 33.2. The van der Waals surface area contributed by atoms with Crippen LogP contribution in [0.2, 0.25) is 0 Å². The van der Waals surface area contributed by atoms with E-state index in [2.05, 4.69) is 79.1 Å². The summed E-state index contributed by atoms with van der Waals surface area (Å²) in [5.74, 6) is -1.30. The van der Waals surface area contributed by atoms with Gasteiger partial charge in [0.05, 0.1) is 18.8 Å². The van der Waals surface area contributed by atoms with Gasteiger partial charge in [0.25, 0.3) is 0 Å². The van der Waals surface area contributed by atoms with E-state index in [4.69, 9.17) is 23.3 Å². The maximum atomic E-state index is 13.0. The van der Waals surface area contributed by atoms with Crippen LogP contribution < -0.4 is 0 Å². The van der Waals surface area contributed by atoms with Gasteiger partial charge in [0.15, 0.2) is 6.10 Å². The zero-order chi connectivity index (χ0) is 47.2. The number of carbonyl (C=O) groups is 2. The van der Waals surface area contributed by atoms with Crippen molar-refractivity contribution in [1.29, 1.82) is 0 Å². The third kappa shape index (κ3) is 26.7. The molecule has 0 aromatic rings. The van der Waals surface area contributed by atoms with E-state index in [0.29, 0.717) is 19.3 Å². The molecule has 7 unspecified atom stereocenters. The Morgan fingerprint density at radius 3 is 1.75 bits per heavy atom. The van der Waals surface area contributed by atoms with Gasteiger partial charge in [-0.05, 0) is 77.0 Å². The van der Waals surface area contributed by atoms with E-state index in [9.17, 15) is 53.8 Å². The fourth-order valence-electron chi connectivity index (χ4n) is 6.80. The van der Waals surface area contributed by atoms with Gasteiger partial charge >= 0.3 is 27.6 Å². The van der Waals surface area contributed by atoms with Crippen molar-refractivity contribution in [2.45, 2.75) is 197 Å². The molecule has 1 aliphatic heterocycles. The topological polar surface area (TPSA) is 269 Å². The number of allylic oxidation sites excluding steroid dienone is 9. The molecule has 1 saturated carbocycles. The van der Waals surface area contributed by atoms with Gasteiger partial charge in [0.2, 0.25) is 0 Å². The van der Waals surface area contributed by atoms with Crippen LogP contribution in [-0.2, 0) is 46.5 Å². The lowest BCUT2D eigenvalue weighted by Gasteiger charge is -2.43. The molecule has 0 bridgehead atoms. The van der Waals surface area contributed by atoms with Gasteiger partial charge < -0.3 is 49.3 Å². The Labute approximate surface area is 379 Å². The zero-order valence-electron chi connectivity index (χ0n) is 37.6. The van der Waals surface area contributed by atoms with E-state index in [1.165, 1.54) is 19.3 Å². The van der Waals surface area contributed by atoms with Crippen LogP contribution in [0.4, 0.5) is 0 Å². The van der Waals surface area contributed by atoms with Crippen LogP contribution in [0.1, 0.15) is 142 Å². The first-order valence-electron chi connectivity index (χ1n) is 23.0. The van der Waals surface area contributed by atoms with Crippen LogP contribution in [-0.4, -0.2) is 115 Å². The molecular formula is C45H76O17P2. The van der Waals surface area contributed by atoms with Gasteiger partial charge in [-0.15, -0.1) is 0 Å². The van der Waals surface area contributed by atoms with Gasteiger partial charge in [0.1, 0.15) is 43.2 Å². The molecule has 19 heteroatoms. The van der Waals surface area contributed by atoms with E-state index < -0.39 is 83.5 Å². The summed E-state index contributed by atoms with van der Waals surface area (Å²) in [6, 6.07) is 0. The van der Waals surface area contributed by atoms with Gasteiger partial charge in [-0.25, -0.2) is 9.13 Å². The quantitative estimate of drug-likeness (QED) is 0.0107. The highest BCUT2D eigenvalue weighted by molar-refractivity contribution is 7.47. The van der Waals surface area contributed by atoms with Gasteiger partial charge in [-0.3, -0.25) is 23.2 Å². The largest absolute Gasteiger partial charge is 0.472 e. The Bertz CT molecular complexity index is 1540. The molecule has 1 heterocycles. The van der Waals surface area contributed by atoms with Crippen molar-refractivity contribution in [3.8, 4) is 0 Å². The van der Waals surface area contributed by atoms with E-state index in [0.717, 1.165) is 77.0 Å². The number of epoxide rings is 1. The average Bonchev–Trinajstić information content (AvgIpc) is 4.00. The summed E-state index contributed by atoms with van der Waals surface area (Å²) in [5, 5.41) is 41.2. The number of phosphoric ester groups is 2. The Morgan fingerprint density at radius 2 is 1.12 bits per heavy atom. The first-order valence-corrected chi connectivity index (χ1v) is 26.0. The molecule has 2 aliphatic rings. The van der Waals surface area contributed by atoms with E-state index >= 15 is 0 Å². The standard InChI is InChI=1S/C45H76O17P2/c1-3-5-7-9-11-13-15-17-19-21-23-25-27-31-38(46)57-33-35(34-58-64(55,56)62-45-42(50)40(48)41(49)44(43(45)51)61-63(52,53)54)59-39(47)32-28-30-37-36(60-37)29-26-24-22-20-18-16-14-12-10-8-6-4-2/h7,9,12-15,18,20,24,26,35-37,40-45,48-51H,3-6,8,10-11,16-17,19,21-23,25,27-34H2,1-2H3,(H,55,56)(H2,52,53,54)/b9-7-,14-12-,15-13-,20-18-,26-24-/t35-,36?,37?,40?,41?,42?,43?,44-,45+/m1/s1. The summed E-state index contributed by atoms with van der Waals surface area (Å²) in [4.78, 5) is 54.3. The fourth-order valence-corrected chi connectivity index (χ4v) is 8.33. The van der Waals surface area contributed by atoms with Gasteiger partial charge in [-0.2, -0.15) is 0 Å². The molecular weight excluding hydrogens is 874 g/mol. The van der Waals surface area contributed by atoms with Crippen LogP contribution in [0, 0.1) is 0 Å². The average molecular weight is 951 g/mol. The van der Waals surface area contributed by atoms with Crippen LogP contribution >= 0.6 is 15.6 Å². The summed E-state index contributed by atoms with van der Waals surface area (Å²) in [6.07, 6.45) is 23.4. The molecule has 64 heavy (non-hydrogen) atoms. The summed E-state index contributed by atoms with van der Waals surface area (Å²) < 4.78 is 55.1. The molecule has 368 valence electrons. The predicted octanol–water partition coefficient (Wildman–Crippen LogP) is 7.27. The number of esters is 2. The Balaban J connectivity index is 1.85. The summed E-state index contributed by atoms with van der Waals surface area (Å²) >= 11 is 0. The van der Waals surface area contributed by atoms with Crippen molar-refractivity contribution < 1.29 is 81.6 Å². The molecule has 17 nitrogen and oxygen atoms in total. The summed E-state index contributed by atoms with van der Waals surface area (Å²) in [6.45, 7) is 2.92. The monoisotopic (exact) mass is 950 g/mol. The highest BCUT2D eigenvalue weighted by atomic mass is 31.2. The molecule has 10 atom stereocenters. The summed E-state index contributed by atoms with van der Waals surface area (Å²) in [7, 11) is -10.7. The molecule has 2 rings (SSSR count). The Hall–Kier alpha value is -2.34. The SMILES string of the molecule is CCC/C=C\C/C=C\CCCCCCCC(=O)OC[C@H](COP(=O)(O)O[C@H]1C(O)C(O)C(O)[C@@H](OP(=O)(O)O)C1O)OC(=O)CCCC1OC1C/C=C\C/C=C\C/C=C\CCCCC. The fraction of sp³-hybridized carbons (Fsp3) is 0.733. The number of hydrogen-bond donors (Lipinski definition) is 7. The van der Waals surface area contributed by atoms with Crippen LogP contribution in [0.5, 0.6) is 0 Å². The number of hydrogen-bond acceptors (Lipinski definition) is 14. The predicted molar refractivity (Wildman–Crippen MR) is 240 cm³/mol. The van der Waals surface area contributed by atoms with E-state index in [1.807, 2.05) is 0 Å². The minimum atomic E-state index is -5.38. The lowest BCUT2D eigenvalue weighted by molar-refractivity contribution is -0.216. The second-order valence-corrected chi connectivity index (χ2v) is 18.7. The molecule has 1 saturated heterocycles. The lowest BCUT2D eigenvalue weighted by atomic mass is 9.85. The van der Waals surface area contributed by atoms with Crippen LogP contribution in [0.15, 0.2) is 60.8 Å². The number of rotatable bonds is 36. The maximum absolute atomic E-state index is 13.0. The number of aliphatic hydroxyl groups excluding tert-OH is 4. The van der Waals surface area contributed by atoms with Crippen molar-refractivity contribution in [3.05, 3.63) is 60.8 Å². The van der Waals surface area contributed by atoms with Crippen LogP contribution in [0.3, 0.4) is 0 Å². The lowest BCUT2D eigenvalue weighted by Crippen LogP contribution is -2.64. The first kappa shape index (κ1) is 57.8. The molecule has 0 spiro atoms. The third-order valence-electron chi connectivity index (χ3n) is 10.5. The zero-order valence-corrected chi connectivity index (χ0v) is 39.4. The second-order valence-electron chi connectivity index (χ2n) is 16.1. The highest BCUT2D eigenvalue weighted by Gasteiger charge is 2.54. The minimum Gasteiger partial charge on any atom is -0.462 e. The number of aliphatic hydroxyl groups is 4. The Kier molecular flexibility index (Phi) is 30.0. The first-order chi connectivity index (χ1) is 30.6. The molecule has 1 aliphatic carbocycles. The molecule has 7 N–H and O–H groups in total. The smallest absolute Gasteiger partial charge is 0.462 e. The van der Waals surface area contributed by atoms with Crippen molar-refractivity contribution in [3.63, 3.8) is 0 Å². The molecule has 0 radical (unpaired) electrons. The number of carbonyl (C=O) groups excluding carboxylic acids is 2. The van der Waals surface area contributed by atoms with Crippen LogP contribution in [0.25, 0.3) is 0 Å². The highest BCUT2D eigenvalue weighted by Crippen LogP contribution is 2.49. The maximum Gasteiger partial charge on any atom is 0.472 e. The van der Waals surface area contributed by atoms with Crippen molar-refractivity contribution in [1.82, 2.24) is 0 Å². The number of ether oxygens (including phenoxy) is 3. The molecule has 2 fully saturated rings. The third-order valence-corrected chi connectivity index (χ3v) is 12.0.